The Balaban J connectivity index is 1.87. The van der Waals surface area contributed by atoms with Crippen molar-refractivity contribution in [3.63, 3.8) is 0 Å². The summed E-state index contributed by atoms with van der Waals surface area (Å²) in [6.45, 7) is 0. The second-order valence-electron chi connectivity index (χ2n) is 4.85. The molecule has 0 bridgehead atoms. The van der Waals surface area contributed by atoms with Crippen LogP contribution in [0.4, 0.5) is 0 Å². The van der Waals surface area contributed by atoms with Crippen LogP contribution >= 0.6 is 11.6 Å². The summed E-state index contributed by atoms with van der Waals surface area (Å²) in [5.74, 6) is -0.378. The van der Waals surface area contributed by atoms with Crippen LogP contribution in [0.3, 0.4) is 0 Å². The number of carboxylic acid groups (broad SMARTS) is 1. The smallest absolute Gasteiger partial charge is 0.336 e. The average Bonchev–Trinajstić information content (AvgIpc) is 3.03. The molecule has 3 rings (SSSR count). The third-order valence-corrected chi connectivity index (χ3v) is 3.50. The number of rotatable bonds is 4. The van der Waals surface area contributed by atoms with Gasteiger partial charge in [0, 0.05) is 16.7 Å². The molecule has 0 amide bonds. The molecular weight excluding hydrogens is 314 g/mol. The van der Waals surface area contributed by atoms with E-state index in [0.717, 1.165) is 5.56 Å². The number of aromatic carboxylic acids is 1. The summed E-state index contributed by atoms with van der Waals surface area (Å²) in [6, 6.07) is 16.1. The monoisotopic (exact) mass is 325 g/mol. The van der Waals surface area contributed by atoms with Crippen LogP contribution in [0.2, 0.25) is 5.02 Å². The van der Waals surface area contributed by atoms with Crippen molar-refractivity contribution in [2.45, 2.75) is 0 Å². The summed E-state index contributed by atoms with van der Waals surface area (Å²) >= 11 is 5.83. The standard InChI is InChI=1S/C18H12ClNO3/c19-14-8-6-12(16(10-14)18(21)22)7-9-15-11-17(23-20-15)13-4-2-1-3-5-13/h1-11H,(H,21,22)/b9-7+. The SMILES string of the molecule is O=C(O)c1cc(Cl)ccc1/C=C/c1cc(-c2ccccc2)on1. The Morgan fingerprint density at radius 2 is 1.87 bits per heavy atom. The van der Waals surface area contributed by atoms with Crippen molar-refractivity contribution >= 4 is 29.7 Å². The Morgan fingerprint density at radius 1 is 1.09 bits per heavy atom. The summed E-state index contributed by atoms with van der Waals surface area (Å²) in [5, 5.41) is 13.6. The molecule has 0 radical (unpaired) electrons. The van der Waals surface area contributed by atoms with Crippen LogP contribution in [-0.4, -0.2) is 16.2 Å². The van der Waals surface area contributed by atoms with Crippen LogP contribution in [0, 0.1) is 0 Å². The summed E-state index contributed by atoms with van der Waals surface area (Å²) < 4.78 is 5.30. The lowest BCUT2D eigenvalue weighted by molar-refractivity contribution is 0.0696. The molecule has 1 N–H and O–H groups in total. The van der Waals surface area contributed by atoms with Gasteiger partial charge in [0.25, 0.3) is 0 Å². The molecule has 0 saturated heterocycles. The van der Waals surface area contributed by atoms with Crippen molar-refractivity contribution in [2.75, 3.05) is 0 Å². The summed E-state index contributed by atoms with van der Waals surface area (Å²) in [6.07, 6.45) is 3.37. The highest BCUT2D eigenvalue weighted by Crippen LogP contribution is 2.22. The van der Waals surface area contributed by atoms with Gasteiger partial charge in [0.15, 0.2) is 5.76 Å². The van der Waals surface area contributed by atoms with Crippen molar-refractivity contribution in [1.82, 2.24) is 5.16 Å². The zero-order chi connectivity index (χ0) is 16.2. The topological polar surface area (TPSA) is 63.3 Å². The van der Waals surface area contributed by atoms with Crippen LogP contribution in [0.15, 0.2) is 59.1 Å². The normalized spacial score (nSPS) is 11.0. The molecule has 3 aromatic rings. The van der Waals surface area contributed by atoms with E-state index in [4.69, 9.17) is 16.1 Å². The molecule has 2 aromatic carbocycles. The lowest BCUT2D eigenvalue weighted by atomic mass is 10.1. The largest absolute Gasteiger partial charge is 0.478 e. The number of carbonyl (C=O) groups is 1. The molecular formula is C18H12ClNO3. The second kappa shape index (κ2) is 6.50. The van der Waals surface area contributed by atoms with Crippen LogP contribution < -0.4 is 0 Å². The average molecular weight is 326 g/mol. The number of aromatic nitrogens is 1. The highest BCUT2D eigenvalue weighted by molar-refractivity contribution is 6.31. The molecule has 5 heteroatoms. The van der Waals surface area contributed by atoms with Gasteiger partial charge < -0.3 is 9.63 Å². The van der Waals surface area contributed by atoms with E-state index >= 15 is 0 Å². The van der Waals surface area contributed by atoms with E-state index in [0.29, 0.717) is 22.0 Å². The van der Waals surface area contributed by atoms with Gasteiger partial charge in [0.05, 0.1) is 5.56 Å². The first-order valence-electron chi connectivity index (χ1n) is 6.86. The number of hydrogen-bond donors (Lipinski definition) is 1. The van der Waals surface area contributed by atoms with E-state index < -0.39 is 5.97 Å². The number of benzene rings is 2. The fraction of sp³-hybridized carbons (Fsp3) is 0. The molecule has 1 aromatic heterocycles. The van der Waals surface area contributed by atoms with E-state index in [1.807, 2.05) is 30.3 Å². The molecule has 4 nitrogen and oxygen atoms in total. The van der Waals surface area contributed by atoms with Gasteiger partial charge in [-0.25, -0.2) is 4.79 Å². The maximum absolute atomic E-state index is 11.2. The zero-order valence-corrected chi connectivity index (χ0v) is 12.7. The first-order chi connectivity index (χ1) is 11.1. The number of hydrogen-bond acceptors (Lipinski definition) is 3. The summed E-state index contributed by atoms with van der Waals surface area (Å²) in [7, 11) is 0. The van der Waals surface area contributed by atoms with Gasteiger partial charge in [-0.3, -0.25) is 0 Å². The summed E-state index contributed by atoms with van der Waals surface area (Å²) in [4.78, 5) is 11.2. The van der Waals surface area contributed by atoms with Crippen molar-refractivity contribution in [1.29, 1.82) is 0 Å². The van der Waals surface area contributed by atoms with Crippen molar-refractivity contribution in [2.24, 2.45) is 0 Å². The van der Waals surface area contributed by atoms with Crippen LogP contribution in [-0.2, 0) is 0 Å². The number of halogens is 1. The van der Waals surface area contributed by atoms with Crippen molar-refractivity contribution in [3.05, 3.63) is 76.4 Å². The van der Waals surface area contributed by atoms with Crippen LogP contribution in [0.1, 0.15) is 21.6 Å². The quantitative estimate of drug-likeness (QED) is 0.743. The molecule has 0 saturated carbocycles. The maximum Gasteiger partial charge on any atom is 0.336 e. The van der Waals surface area contributed by atoms with Gasteiger partial charge in [-0.1, -0.05) is 59.2 Å². The van der Waals surface area contributed by atoms with E-state index in [9.17, 15) is 9.90 Å². The Morgan fingerprint density at radius 3 is 2.61 bits per heavy atom. The van der Waals surface area contributed by atoms with Gasteiger partial charge in [-0.2, -0.15) is 0 Å². The van der Waals surface area contributed by atoms with E-state index in [1.165, 1.54) is 6.07 Å². The third kappa shape index (κ3) is 3.49. The third-order valence-electron chi connectivity index (χ3n) is 3.27. The number of nitrogens with zero attached hydrogens (tertiary/aromatic N) is 1. The molecule has 0 atom stereocenters. The Labute approximate surface area is 137 Å². The highest BCUT2D eigenvalue weighted by atomic mass is 35.5. The molecule has 0 fully saturated rings. The maximum atomic E-state index is 11.2. The molecule has 23 heavy (non-hydrogen) atoms. The Hall–Kier alpha value is -2.85. The highest BCUT2D eigenvalue weighted by Gasteiger charge is 2.09. The first-order valence-corrected chi connectivity index (χ1v) is 7.24. The van der Waals surface area contributed by atoms with E-state index in [2.05, 4.69) is 5.16 Å². The zero-order valence-electron chi connectivity index (χ0n) is 11.9. The predicted octanol–water partition coefficient (Wildman–Crippen LogP) is 4.86. The minimum atomic E-state index is -1.03. The van der Waals surface area contributed by atoms with Gasteiger partial charge in [0.1, 0.15) is 5.69 Å². The Bertz CT molecular complexity index is 869. The molecule has 0 aliphatic rings. The van der Waals surface area contributed by atoms with Gasteiger partial charge in [-0.05, 0) is 23.8 Å². The minimum absolute atomic E-state index is 0.139. The van der Waals surface area contributed by atoms with Crippen molar-refractivity contribution in [3.8, 4) is 11.3 Å². The molecule has 0 unspecified atom stereocenters. The van der Waals surface area contributed by atoms with Gasteiger partial charge in [-0.15, -0.1) is 0 Å². The van der Waals surface area contributed by atoms with E-state index in [1.54, 1.807) is 30.4 Å². The lowest BCUT2D eigenvalue weighted by Gasteiger charge is -2.01. The molecule has 114 valence electrons. The van der Waals surface area contributed by atoms with Crippen molar-refractivity contribution < 1.29 is 14.4 Å². The lowest BCUT2D eigenvalue weighted by Crippen LogP contribution is -1.99. The summed E-state index contributed by atoms with van der Waals surface area (Å²) in [5.41, 5.74) is 2.22. The minimum Gasteiger partial charge on any atom is -0.478 e. The first kappa shape index (κ1) is 15.1. The van der Waals surface area contributed by atoms with Gasteiger partial charge in [0.2, 0.25) is 0 Å². The van der Waals surface area contributed by atoms with Crippen LogP contribution in [0.25, 0.3) is 23.5 Å². The molecule has 0 aliphatic heterocycles. The number of carboxylic acids is 1. The molecule has 1 heterocycles. The molecule has 0 spiro atoms. The van der Waals surface area contributed by atoms with Crippen LogP contribution in [0.5, 0.6) is 0 Å². The fourth-order valence-electron chi connectivity index (χ4n) is 2.14. The Kier molecular flexibility index (Phi) is 4.26. The fourth-order valence-corrected chi connectivity index (χ4v) is 2.31. The molecule has 0 aliphatic carbocycles. The van der Waals surface area contributed by atoms with E-state index in [-0.39, 0.29) is 5.56 Å². The second-order valence-corrected chi connectivity index (χ2v) is 5.29. The van der Waals surface area contributed by atoms with Gasteiger partial charge >= 0.3 is 5.97 Å². The predicted molar refractivity (Wildman–Crippen MR) is 89.3 cm³/mol.